The van der Waals surface area contributed by atoms with E-state index in [0.29, 0.717) is 11.8 Å². The van der Waals surface area contributed by atoms with Crippen molar-refractivity contribution in [3.63, 3.8) is 0 Å². The van der Waals surface area contributed by atoms with Gasteiger partial charge in [0.15, 0.2) is 11.5 Å². The standard InChI is InChI=1S/C20H24N8/c1-5-26-11-14(10-21-26)15-8-16(15)17-9-19(27(6-2)24-17)18-7-12(3)20-23-22-13(4)28(20)25-18/h7,9-11,15-16H,5-6,8H2,1-4H3. The van der Waals surface area contributed by atoms with Gasteiger partial charge in [0.05, 0.1) is 17.6 Å². The lowest BCUT2D eigenvalue weighted by Gasteiger charge is -2.06. The van der Waals surface area contributed by atoms with Gasteiger partial charge in [-0.2, -0.15) is 19.8 Å². The maximum atomic E-state index is 4.90. The van der Waals surface area contributed by atoms with Crippen molar-refractivity contribution < 1.29 is 0 Å². The number of rotatable bonds is 5. The zero-order valence-corrected chi connectivity index (χ0v) is 16.7. The third-order valence-electron chi connectivity index (χ3n) is 5.65. The van der Waals surface area contributed by atoms with Gasteiger partial charge in [-0.15, -0.1) is 10.2 Å². The van der Waals surface area contributed by atoms with E-state index < -0.39 is 0 Å². The topological polar surface area (TPSA) is 78.7 Å². The fourth-order valence-corrected chi connectivity index (χ4v) is 3.95. The molecule has 0 N–H and O–H groups in total. The van der Waals surface area contributed by atoms with Gasteiger partial charge in [0.1, 0.15) is 5.69 Å². The Morgan fingerprint density at radius 3 is 2.64 bits per heavy atom. The first kappa shape index (κ1) is 17.1. The van der Waals surface area contributed by atoms with E-state index in [0.717, 1.165) is 53.6 Å². The van der Waals surface area contributed by atoms with Gasteiger partial charge in [-0.1, -0.05) is 0 Å². The molecular weight excluding hydrogens is 352 g/mol. The number of nitrogens with zero attached hydrogens (tertiary/aromatic N) is 8. The summed E-state index contributed by atoms with van der Waals surface area (Å²) in [6.07, 6.45) is 5.29. The van der Waals surface area contributed by atoms with E-state index in [2.05, 4.69) is 47.5 Å². The molecule has 0 radical (unpaired) electrons. The van der Waals surface area contributed by atoms with E-state index in [-0.39, 0.29) is 0 Å². The summed E-state index contributed by atoms with van der Waals surface area (Å²) in [5, 5.41) is 22.5. The monoisotopic (exact) mass is 376 g/mol. The Kier molecular flexibility index (Phi) is 3.82. The van der Waals surface area contributed by atoms with Crippen LogP contribution in [0.4, 0.5) is 0 Å². The largest absolute Gasteiger partial charge is 0.273 e. The molecule has 0 aromatic carbocycles. The molecule has 1 saturated carbocycles. The highest BCUT2D eigenvalue weighted by molar-refractivity contribution is 5.60. The molecule has 8 heteroatoms. The highest BCUT2D eigenvalue weighted by atomic mass is 15.4. The molecule has 8 nitrogen and oxygen atoms in total. The molecule has 144 valence electrons. The molecule has 0 amide bonds. The van der Waals surface area contributed by atoms with Crippen molar-refractivity contribution in [1.29, 1.82) is 0 Å². The highest BCUT2D eigenvalue weighted by Crippen LogP contribution is 2.54. The van der Waals surface area contributed by atoms with Crippen LogP contribution in [0, 0.1) is 13.8 Å². The minimum Gasteiger partial charge on any atom is -0.273 e. The van der Waals surface area contributed by atoms with Crippen molar-refractivity contribution in [2.75, 3.05) is 0 Å². The summed E-state index contributed by atoms with van der Waals surface area (Å²) >= 11 is 0. The molecule has 1 aliphatic rings. The van der Waals surface area contributed by atoms with Crippen LogP contribution in [0.1, 0.15) is 54.7 Å². The van der Waals surface area contributed by atoms with Crippen LogP contribution in [0.5, 0.6) is 0 Å². The van der Waals surface area contributed by atoms with Crippen molar-refractivity contribution in [2.45, 2.75) is 59.0 Å². The first-order valence-corrected chi connectivity index (χ1v) is 9.89. The zero-order valence-electron chi connectivity index (χ0n) is 16.7. The van der Waals surface area contributed by atoms with Crippen molar-refractivity contribution in [2.24, 2.45) is 0 Å². The van der Waals surface area contributed by atoms with E-state index in [1.165, 1.54) is 5.56 Å². The SMILES string of the molecule is CCn1cc(C2CC2c2cc(-c3cc(C)c4nnc(C)n4n3)n(CC)n2)cn1. The molecule has 5 rings (SSSR count). The minimum absolute atomic E-state index is 0.461. The lowest BCUT2D eigenvalue weighted by molar-refractivity contribution is 0.649. The predicted octanol–water partition coefficient (Wildman–Crippen LogP) is 3.11. The summed E-state index contributed by atoms with van der Waals surface area (Å²) in [6.45, 7) is 9.90. The third kappa shape index (κ3) is 2.63. The van der Waals surface area contributed by atoms with Crippen LogP contribution in [-0.4, -0.2) is 39.4 Å². The predicted molar refractivity (Wildman–Crippen MR) is 105 cm³/mol. The fourth-order valence-electron chi connectivity index (χ4n) is 3.95. The van der Waals surface area contributed by atoms with Gasteiger partial charge >= 0.3 is 0 Å². The van der Waals surface area contributed by atoms with Crippen LogP contribution in [-0.2, 0) is 13.1 Å². The third-order valence-corrected chi connectivity index (χ3v) is 5.65. The Morgan fingerprint density at radius 1 is 1.04 bits per heavy atom. The van der Waals surface area contributed by atoms with Crippen molar-refractivity contribution in [3.8, 4) is 11.4 Å². The quantitative estimate of drug-likeness (QED) is 0.535. The van der Waals surface area contributed by atoms with Crippen LogP contribution in [0.3, 0.4) is 0 Å². The van der Waals surface area contributed by atoms with Gasteiger partial charge in [-0.25, -0.2) is 0 Å². The fraction of sp³-hybridized carbons (Fsp3) is 0.450. The molecule has 0 bridgehead atoms. The summed E-state index contributed by atoms with van der Waals surface area (Å²) < 4.78 is 5.86. The number of aryl methyl sites for hydroxylation is 4. The molecule has 1 fully saturated rings. The lowest BCUT2D eigenvalue weighted by Crippen LogP contribution is -2.04. The summed E-state index contributed by atoms with van der Waals surface area (Å²) in [4.78, 5) is 0. The zero-order chi connectivity index (χ0) is 19.4. The molecule has 4 aromatic heterocycles. The first-order valence-electron chi connectivity index (χ1n) is 9.89. The van der Waals surface area contributed by atoms with Crippen LogP contribution >= 0.6 is 0 Å². The van der Waals surface area contributed by atoms with Gasteiger partial charge < -0.3 is 0 Å². The molecular formula is C20H24N8. The van der Waals surface area contributed by atoms with Crippen LogP contribution in [0.25, 0.3) is 17.0 Å². The number of hydrogen-bond acceptors (Lipinski definition) is 5. The second-order valence-corrected chi connectivity index (χ2v) is 7.54. The van der Waals surface area contributed by atoms with Crippen molar-refractivity contribution in [1.82, 2.24) is 39.4 Å². The van der Waals surface area contributed by atoms with E-state index in [1.807, 2.05) is 33.9 Å². The molecule has 2 atom stereocenters. The van der Waals surface area contributed by atoms with Crippen LogP contribution in [0.15, 0.2) is 24.5 Å². The smallest absolute Gasteiger partial charge is 0.180 e. The highest BCUT2D eigenvalue weighted by Gasteiger charge is 2.42. The normalized spacial score (nSPS) is 18.9. The number of fused-ring (bicyclic) bond motifs is 1. The summed E-state index contributed by atoms with van der Waals surface area (Å²) in [5.41, 5.74) is 6.28. The Bertz CT molecular complexity index is 1160. The molecule has 4 heterocycles. The molecule has 0 spiro atoms. The maximum Gasteiger partial charge on any atom is 0.180 e. The molecule has 1 aliphatic carbocycles. The molecule has 0 saturated heterocycles. The van der Waals surface area contributed by atoms with Gasteiger partial charge in [0, 0.05) is 25.2 Å². The Labute approximate surface area is 163 Å². The van der Waals surface area contributed by atoms with Gasteiger partial charge in [0.25, 0.3) is 0 Å². The van der Waals surface area contributed by atoms with E-state index in [4.69, 9.17) is 10.2 Å². The van der Waals surface area contributed by atoms with E-state index >= 15 is 0 Å². The molecule has 2 unspecified atom stereocenters. The second kappa shape index (κ2) is 6.25. The Morgan fingerprint density at radius 2 is 1.89 bits per heavy atom. The Hall–Kier alpha value is -3.03. The molecule has 28 heavy (non-hydrogen) atoms. The van der Waals surface area contributed by atoms with Crippen molar-refractivity contribution in [3.05, 3.63) is 47.2 Å². The van der Waals surface area contributed by atoms with E-state index in [9.17, 15) is 0 Å². The summed E-state index contributed by atoms with van der Waals surface area (Å²) in [7, 11) is 0. The van der Waals surface area contributed by atoms with Gasteiger partial charge in [-0.05, 0) is 63.3 Å². The average molecular weight is 376 g/mol. The van der Waals surface area contributed by atoms with Gasteiger partial charge in [-0.3, -0.25) is 9.36 Å². The summed E-state index contributed by atoms with van der Waals surface area (Å²) in [6, 6.07) is 4.28. The number of hydrogen-bond donors (Lipinski definition) is 0. The summed E-state index contributed by atoms with van der Waals surface area (Å²) in [5.74, 6) is 1.77. The maximum absolute atomic E-state index is 4.90. The first-order chi connectivity index (χ1) is 13.6. The molecule has 4 aromatic rings. The van der Waals surface area contributed by atoms with E-state index in [1.54, 1.807) is 0 Å². The minimum atomic E-state index is 0.461. The van der Waals surface area contributed by atoms with Crippen molar-refractivity contribution >= 4 is 5.65 Å². The molecule has 0 aliphatic heterocycles. The number of aromatic nitrogens is 8. The average Bonchev–Trinajstić information content (AvgIpc) is 3.06. The van der Waals surface area contributed by atoms with Gasteiger partial charge in [0.2, 0.25) is 0 Å². The lowest BCUT2D eigenvalue weighted by atomic mass is 10.1. The second-order valence-electron chi connectivity index (χ2n) is 7.54. The van der Waals surface area contributed by atoms with Crippen LogP contribution in [0.2, 0.25) is 0 Å². The Balaban J connectivity index is 1.50. The van der Waals surface area contributed by atoms with Crippen LogP contribution < -0.4 is 0 Å².